The van der Waals surface area contributed by atoms with Crippen LogP contribution in [0.1, 0.15) is 6.92 Å². The van der Waals surface area contributed by atoms with E-state index in [9.17, 15) is 9.59 Å². The number of hydrogen-bond donors (Lipinski definition) is 1. The van der Waals surface area contributed by atoms with E-state index in [0.29, 0.717) is 23.1 Å². The van der Waals surface area contributed by atoms with Crippen molar-refractivity contribution in [2.45, 2.75) is 13.5 Å². The molecule has 2 heterocycles. The molecule has 0 aliphatic heterocycles. The maximum absolute atomic E-state index is 12.5. The predicted octanol–water partition coefficient (Wildman–Crippen LogP) is 4.07. The molecule has 0 atom stereocenters. The Morgan fingerprint density at radius 1 is 1.03 bits per heavy atom. The van der Waals surface area contributed by atoms with Crippen molar-refractivity contribution in [2.24, 2.45) is 0 Å². The van der Waals surface area contributed by atoms with E-state index in [4.69, 9.17) is 4.74 Å². The molecule has 0 spiro atoms. The normalized spacial score (nSPS) is 10.6. The molecular formula is C23H20N4O3S. The number of ether oxygens (including phenoxy) is 1. The van der Waals surface area contributed by atoms with E-state index < -0.39 is 0 Å². The molecule has 2 aromatic heterocycles. The number of rotatable bonds is 7. The number of para-hydroxylation sites is 1. The van der Waals surface area contributed by atoms with Gasteiger partial charge < -0.3 is 10.1 Å². The Balaban J connectivity index is 1.49. The molecule has 2 aromatic carbocycles. The van der Waals surface area contributed by atoms with Crippen LogP contribution < -0.4 is 15.6 Å². The van der Waals surface area contributed by atoms with Gasteiger partial charge in [0.1, 0.15) is 12.3 Å². The van der Waals surface area contributed by atoms with Crippen molar-refractivity contribution in [2.75, 3.05) is 11.9 Å². The summed E-state index contributed by atoms with van der Waals surface area (Å²) in [7, 11) is 0. The van der Waals surface area contributed by atoms with Crippen LogP contribution >= 0.6 is 11.3 Å². The Morgan fingerprint density at radius 3 is 2.61 bits per heavy atom. The zero-order valence-electron chi connectivity index (χ0n) is 16.8. The van der Waals surface area contributed by atoms with Crippen molar-refractivity contribution in [3.8, 4) is 28.3 Å². The summed E-state index contributed by atoms with van der Waals surface area (Å²) in [6.45, 7) is 2.27. The zero-order valence-corrected chi connectivity index (χ0v) is 17.6. The van der Waals surface area contributed by atoms with Crippen LogP contribution in [0.4, 0.5) is 5.13 Å². The second-order valence-corrected chi connectivity index (χ2v) is 7.45. The maximum atomic E-state index is 12.5. The first-order valence-electron chi connectivity index (χ1n) is 9.75. The summed E-state index contributed by atoms with van der Waals surface area (Å²) in [6.07, 6.45) is 0. The minimum atomic E-state index is -0.376. The maximum Gasteiger partial charge on any atom is 0.267 e. The lowest BCUT2D eigenvalue weighted by Crippen LogP contribution is -2.29. The van der Waals surface area contributed by atoms with E-state index in [0.717, 1.165) is 21.6 Å². The van der Waals surface area contributed by atoms with Crippen molar-refractivity contribution in [1.82, 2.24) is 14.8 Å². The minimum absolute atomic E-state index is 0.204. The number of nitrogens with one attached hydrogen (secondary N) is 1. The topological polar surface area (TPSA) is 86.1 Å². The Hall–Kier alpha value is -3.78. The van der Waals surface area contributed by atoms with E-state index in [1.54, 1.807) is 6.07 Å². The molecule has 0 saturated carbocycles. The summed E-state index contributed by atoms with van der Waals surface area (Å²) in [5, 5.41) is 9.36. The fourth-order valence-electron chi connectivity index (χ4n) is 3.03. The highest BCUT2D eigenvalue weighted by molar-refractivity contribution is 7.14. The van der Waals surface area contributed by atoms with Crippen molar-refractivity contribution in [3.63, 3.8) is 0 Å². The van der Waals surface area contributed by atoms with Crippen LogP contribution in [0.15, 0.2) is 76.9 Å². The largest absolute Gasteiger partial charge is 0.493 e. The van der Waals surface area contributed by atoms with Gasteiger partial charge in [0.25, 0.3) is 5.56 Å². The third-order valence-electron chi connectivity index (χ3n) is 4.44. The second kappa shape index (κ2) is 9.36. The first-order chi connectivity index (χ1) is 15.1. The molecule has 8 heteroatoms. The van der Waals surface area contributed by atoms with E-state index in [-0.39, 0.29) is 18.0 Å². The van der Waals surface area contributed by atoms with Crippen LogP contribution in [0.5, 0.6) is 5.75 Å². The molecule has 0 aliphatic rings. The molecule has 4 rings (SSSR count). The summed E-state index contributed by atoms with van der Waals surface area (Å²) in [5.74, 6) is 0.362. The monoisotopic (exact) mass is 432 g/mol. The molecular weight excluding hydrogens is 412 g/mol. The Bertz CT molecular complexity index is 1250. The van der Waals surface area contributed by atoms with E-state index in [1.165, 1.54) is 17.4 Å². The van der Waals surface area contributed by atoms with Gasteiger partial charge in [-0.05, 0) is 25.1 Å². The smallest absolute Gasteiger partial charge is 0.267 e. The van der Waals surface area contributed by atoms with Gasteiger partial charge in [0.15, 0.2) is 5.13 Å². The van der Waals surface area contributed by atoms with Crippen molar-refractivity contribution >= 4 is 22.4 Å². The van der Waals surface area contributed by atoms with Gasteiger partial charge >= 0.3 is 0 Å². The fourth-order valence-corrected chi connectivity index (χ4v) is 3.76. The number of carbonyl (C=O) groups is 1. The van der Waals surface area contributed by atoms with Gasteiger partial charge in [0.2, 0.25) is 5.91 Å². The molecule has 0 radical (unpaired) electrons. The highest BCUT2D eigenvalue weighted by atomic mass is 32.1. The number of aromatic nitrogens is 3. The Labute approximate surface area is 183 Å². The molecule has 0 saturated heterocycles. The van der Waals surface area contributed by atoms with Crippen LogP contribution in [0.25, 0.3) is 22.5 Å². The molecule has 0 aliphatic carbocycles. The molecule has 31 heavy (non-hydrogen) atoms. The number of benzene rings is 2. The first-order valence-corrected chi connectivity index (χ1v) is 10.6. The molecule has 1 amide bonds. The average molecular weight is 433 g/mol. The predicted molar refractivity (Wildman–Crippen MR) is 121 cm³/mol. The number of anilines is 1. The SMILES string of the molecule is CCOc1ccccc1-c1csc(NC(=O)Cn2nc(-c3ccccc3)ccc2=O)n1. The van der Waals surface area contributed by atoms with Gasteiger partial charge in [-0.1, -0.05) is 42.5 Å². The first kappa shape index (κ1) is 20.5. The van der Waals surface area contributed by atoms with Crippen LogP contribution in [-0.4, -0.2) is 27.3 Å². The van der Waals surface area contributed by atoms with Crippen molar-refractivity contribution < 1.29 is 9.53 Å². The number of hydrogen-bond acceptors (Lipinski definition) is 6. The van der Waals surface area contributed by atoms with Crippen LogP contribution in [0.2, 0.25) is 0 Å². The lowest BCUT2D eigenvalue weighted by atomic mass is 10.1. The average Bonchev–Trinajstić information content (AvgIpc) is 3.24. The lowest BCUT2D eigenvalue weighted by Gasteiger charge is -2.08. The summed E-state index contributed by atoms with van der Waals surface area (Å²) in [4.78, 5) is 29.2. The zero-order chi connectivity index (χ0) is 21.6. The minimum Gasteiger partial charge on any atom is -0.493 e. The fraction of sp³-hybridized carbons (Fsp3) is 0.130. The summed E-state index contributed by atoms with van der Waals surface area (Å²) in [5.41, 5.74) is 2.71. The summed E-state index contributed by atoms with van der Waals surface area (Å²) < 4.78 is 6.80. The van der Waals surface area contributed by atoms with Gasteiger partial charge in [-0.15, -0.1) is 11.3 Å². The molecule has 4 aromatic rings. The summed E-state index contributed by atoms with van der Waals surface area (Å²) >= 11 is 1.31. The standard InChI is InChI=1S/C23H20N4O3S/c1-2-30-20-11-7-6-10-17(20)19-15-31-23(24-19)25-21(28)14-27-22(29)13-12-18(26-27)16-8-4-3-5-9-16/h3-13,15H,2,14H2,1H3,(H,24,25,28). The molecule has 1 N–H and O–H groups in total. The van der Waals surface area contributed by atoms with Crippen molar-refractivity contribution in [1.29, 1.82) is 0 Å². The Kier molecular flexibility index (Phi) is 6.18. The number of amides is 1. The highest BCUT2D eigenvalue weighted by Gasteiger charge is 2.13. The van der Waals surface area contributed by atoms with Gasteiger partial charge in [0.05, 0.1) is 18.0 Å². The summed E-state index contributed by atoms with van der Waals surface area (Å²) in [6, 6.07) is 20.2. The third-order valence-corrected chi connectivity index (χ3v) is 5.20. The van der Waals surface area contributed by atoms with E-state index in [2.05, 4.69) is 15.4 Å². The van der Waals surface area contributed by atoms with Crippen LogP contribution in [0, 0.1) is 0 Å². The van der Waals surface area contributed by atoms with Crippen molar-refractivity contribution in [3.05, 3.63) is 82.5 Å². The molecule has 7 nitrogen and oxygen atoms in total. The third kappa shape index (κ3) is 4.87. The second-order valence-electron chi connectivity index (χ2n) is 6.60. The van der Waals surface area contributed by atoms with E-state index in [1.807, 2.05) is 66.9 Å². The number of carbonyl (C=O) groups excluding carboxylic acids is 1. The molecule has 0 fully saturated rings. The lowest BCUT2D eigenvalue weighted by molar-refractivity contribution is -0.117. The van der Waals surface area contributed by atoms with Gasteiger partial charge in [-0.25, -0.2) is 9.67 Å². The number of thiazole rings is 1. The van der Waals surface area contributed by atoms with Gasteiger partial charge in [-0.2, -0.15) is 5.10 Å². The van der Waals surface area contributed by atoms with E-state index >= 15 is 0 Å². The molecule has 0 bridgehead atoms. The Morgan fingerprint density at radius 2 is 1.81 bits per heavy atom. The highest BCUT2D eigenvalue weighted by Crippen LogP contribution is 2.32. The van der Waals surface area contributed by atoms with Gasteiger partial charge in [0, 0.05) is 22.6 Å². The molecule has 0 unspecified atom stereocenters. The van der Waals surface area contributed by atoms with Crippen LogP contribution in [0.3, 0.4) is 0 Å². The number of nitrogens with zero attached hydrogens (tertiary/aromatic N) is 3. The molecule has 156 valence electrons. The van der Waals surface area contributed by atoms with Gasteiger partial charge in [-0.3, -0.25) is 9.59 Å². The van der Waals surface area contributed by atoms with Crippen LogP contribution in [-0.2, 0) is 11.3 Å². The quantitative estimate of drug-likeness (QED) is 0.476.